The minimum Gasteiger partial charge on any atom is -0.508 e. The van der Waals surface area contributed by atoms with Gasteiger partial charge in [0.1, 0.15) is 66.2 Å². The summed E-state index contributed by atoms with van der Waals surface area (Å²) in [5.41, 5.74) is 22.6. The summed E-state index contributed by atoms with van der Waals surface area (Å²) in [7, 11) is 0. The number of nitrogens with zero attached hydrogens (tertiary/aromatic N) is 1. The Balaban J connectivity index is 2.41. The lowest BCUT2D eigenvalue weighted by molar-refractivity contribution is -0.143. The van der Waals surface area contributed by atoms with E-state index in [1.54, 1.807) is 13.8 Å². The van der Waals surface area contributed by atoms with Gasteiger partial charge in [-0.05, 0) is 121 Å². The van der Waals surface area contributed by atoms with E-state index in [0.29, 0.717) is 18.4 Å². The lowest BCUT2D eigenvalue weighted by atomic mass is 10.0. The molecular weight excluding hydrogens is 1180 g/mol. The molecule has 33 nitrogen and oxygen atoms in total. The molecule has 0 aromatic heterocycles. The van der Waals surface area contributed by atoms with Crippen LogP contribution < -0.4 is 81.4 Å². The smallest absolute Gasteiger partial charge is 0.305 e. The molecule has 504 valence electrons. The average molecular weight is 1270 g/mol. The molecule has 1 aliphatic heterocycles. The van der Waals surface area contributed by atoms with Gasteiger partial charge in [0.05, 0.1) is 12.5 Å². The standard InChI is InChI=1S/C57H96N18O15/c1-29(2)25-39(46(59)81)71-48(83)37(14-10-22-64-56(60)61)69-51(86)41(27-34-17-19-35(78)20-18-34)72-49(84)36(13-8-9-21-58)68-52(87)42(28-44(79)80)73-54(89)45(32(6)76)74-47(82)31(5)66-53(88)43-16-12-24-75(43)55(90)38(15-11-23-65-57(62)63)70-50(85)40(26-30(3)4)67-33(7)77/h17-20,29-32,36-43,45,76,78H,8-16,21-28,58H2,1-7H3,(H2,59,81)(H,66,88)(H,67,77)(H,68,87)(H,69,86)(H,70,85)(H,71,83)(H,72,84)(H,73,89)(H,74,82)(H,79,80)(H4,60,61,64)(H4,62,63,65)/t31-,32+,36-,37-,38-,39-,40-,41-,42-,43-,45-/m0/s1. The third-order valence-electron chi connectivity index (χ3n) is 14.2. The van der Waals surface area contributed by atoms with Crippen LogP contribution in [0.5, 0.6) is 5.75 Å². The van der Waals surface area contributed by atoms with Crippen molar-refractivity contribution in [2.45, 2.75) is 198 Å². The van der Waals surface area contributed by atoms with E-state index in [2.05, 4.69) is 58.5 Å². The lowest BCUT2D eigenvalue weighted by Gasteiger charge is -2.31. The third-order valence-corrected chi connectivity index (χ3v) is 14.2. The zero-order valence-electron chi connectivity index (χ0n) is 52.3. The molecule has 0 saturated carbocycles. The van der Waals surface area contributed by atoms with E-state index in [4.69, 9.17) is 33.8 Å². The van der Waals surface area contributed by atoms with Gasteiger partial charge in [-0.15, -0.1) is 0 Å². The highest BCUT2D eigenvalue weighted by molar-refractivity contribution is 6.00. The van der Waals surface area contributed by atoms with Crippen molar-refractivity contribution in [3.05, 3.63) is 29.8 Å². The minimum atomic E-state index is -1.99. The molecule has 24 N–H and O–H groups in total. The average Bonchev–Trinajstić information content (AvgIpc) is 1.74. The molecule has 1 saturated heterocycles. The topological polar surface area (TPSA) is 553 Å². The SMILES string of the molecule is CC(=O)N[C@@H](CC(C)C)C(=O)N[C@@H](CCCNC(=N)N)C(=O)N1CCC[C@H]1C(=O)N[C@@H](C)C(=O)N[C@H](C(=O)N[C@@H](CC(=O)O)C(=O)N[C@@H](CCCCN)C(=O)N[C@@H](Cc1ccc(O)cc1)C(=O)N[C@@H](CCCNC(=N)N)C(=O)N[C@@H](CC(C)C)C(N)=O)[C@@H](C)O. The van der Waals surface area contributed by atoms with Crippen molar-refractivity contribution in [1.82, 2.24) is 63.4 Å². The number of aromatic hydroxyl groups is 1. The number of rotatable bonds is 40. The Bertz CT molecular complexity index is 2640. The summed E-state index contributed by atoms with van der Waals surface area (Å²) >= 11 is 0. The molecule has 1 aliphatic rings. The summed E-state index contributed by atoms with van der Waals surface area (Å²) < 4.78 is 0. The molecule has 1 fully saturated rings. The molecule has 0 radical (unpaired) electrons. The fraction of sp³-hybridized carbons (Fsp3) is 0.649. The van der Waals surface area contributed by atoms with Crippen molar-refractivity contribution in [2.24, 2.45) is 34.8 Å². The number of guanidine groups is 2. The first-order valence-electron chi connectivity index (χ1n) is 30.1. The number of carboxylic acids is 1. The highest BCUT2D eigenvalue weighted by Gasteiger charge is 2.41. The van der Waals surface area contributed by atoms with Gasteiger partial charge in [-0.2, -0.15) is 0 Å². The van der Waals surface area contributed by atoms with Crippen LogP contribution in [0.4, 0.5) is 0 Å². The molecule has 0 unspecified atom stereocenters. The van der Waals surface area contributed by atoms with E-state index in [-0.39, 0.29) is 120 Å². The number of unbranched alkanes of at least 4 members (excludes halogenated alkanes) is 1. The van der Waals surface area contributed by atoms with Crippen molar-refractivity contribution < 1.29 is 72.9 Å². The van der Waals surface area contributed by atoms with Gasteiger partial charge in [0.25, 0.3) is 0 Å². The number of aliphatic hydroxyl groups excluding tert-OH is 1. The normalized spacial score (nSPS) is 16.1. The largest absolute Gasteiger partial charge is 0.508 e. The Morgan fingerprint density at radius 3 is 1.54 bits per heavy atom. The molecule has 1 heterocycles. The molecule has 11 amide bonds. The number of nitrogens with one attached hydrogen (secondary N) is 13. The van der Waals surface area contributed by atoms with Crippen LogP contribution in [0.15, 0.2) is 24.3 Å². The third kappa shape index (κ3) is 28.5. The summed E-state index contributed by atoms with van der Waals surface area (Å²) in [4.78, 5) is 164. The van der Waals surface area contributed by atoms with Crippen molar-refractivity contribution in [1.29, 1.82) is 10.8 Å². The predicted molar refractivity (Wildman–Crippen MR) is 329 cm³/mol. The zero-order valence-corrected chi connectivity index (χ0v) is 52.3. The molecule has 1 aromatic rings. The number of hydrogen-bond acceptors (Lipinski definition) is 17. The highest BCUT2D eigenvalue weighted by atomic mass is 16.4. The summed E-state index contributed by atoms with van der Waals surface area (Å²) in [6.45, 7) is 11.4. The van der Waals surface area contributed by atoms with E-state index < -0.39 is 144 Å². The number of likely N-dealkylation sites (tertiary alicyclic amines) is 1. The molecule has 11 atom stereocenters. The summed E-state index contributed by atoms with van der Waals surface area (Å²) in [6.07, 6.45) is -1.49. The van der Waals surface area contributed by atoms with Gasteiger partial charge in [-0.25, -0.2) is 0 Å². The number of hydrogen-bond donors (Lipinski definition) is 20. The van der Waals surface area contributed by atoms with Gasteiger partial charge in [-0.3, -0.25) is 68.4 Å². The first-order chi connectivity index (χ1) is 42.2. The van der Waals surface area contributed by atoms with Gasteiger partial charge in [0, 0.05) is 33.0 Å². The number of carboxylic acid groups (broad SMARTS) is 1. The van der Waals surface area contributed by atoms with Crippen LogP contribution in [-0.2, 0) is 64.0 Å². The molecule has 1 aromatic carbocycles. The quantitative estimate of drug-likeness (QED) is 0.0167. The number of carbonyl (C=O) groups excluding carboxylic acids is 11. The van der Waals surface area contributed by atoms with Crippen LogP contribution in [0.25, 0.3) is 0 Å². The minimum absolute atomic E-state index is 0.0280. The van der Waals surface area contributed by atoms with Gasteiger partial charge in [0.15, 0.2) is 11.9 Å². The van der Waals surface area contributed by atoms with Crippen LogP contribution in [-0.4, -0.2) is 196 Å². The second kappa shape index (κ2) is 39.2. The fourth-order valence-electron chi connectivity index (χ4n) is 9.66. The van der Waals surface area contributed by atoms with Crippen molar-refractivity contribution >= 4 is 82.9 Å². The van der Waals surface area contributed by atoms with E-state index in [1.165, 1.54) is 43.0 Å². The Kier molecular flexibility index (Phi) is 33.6. The van der Waals surface area contributed by atoms with Gasteiger partial charge in [0.2, 0.25) is 65.0 Å². The maximum absolute atomic E-state index is 14.4. The summed E-state index contributed by atoms with van der Waals surface area (Å²) in [6, 6.07) is -8.69. The first kappa shape index (κ1) is 77.2. The number of primary amides is 1. The molecule has 0 spiro atoms. The maximum atomic E-state index is 14.4. The van der Waals surface area contributed by atoms with Crippen LogP contribution in [0.1, 0.15) is 131 Å². The van der Waals surface area contributed by atoms with E-state index in [1.807, 2.05) is 13.8 Å². The molecule has 2 rings (SSSR count). The number of nitrogens with two attached hydrogens (primary N) is 4. The number of phenolic OH excluding ortho intramolecular Hbond substituents is 1. The molecular formula is C57H96N18O15. The van der Waals surface area contributed by atoms with E-state index in [0.717, 1.165) is 6.92 Å². The maximum Gasteiger partial charge on any atom is 0.305 e. The van der Waals surface area contributed by atoms with E-state index in [9.17, 15) is 72.9 Å². The van der Waals surface area contributed by atoms with Crippen LogP contribution in [0.2, 0.25) is 0 Å². The monoisotopic (exact) mass is 1270 g/mol. The summed E-state index contributed by atoms with van der Waals surface area (Å²) in [5, 5.41) is 73.5. The number of carbonyl (C=O) groups is 12. The number of aliphatic carboxylic acids is 1. The van der Waals surface area contributed by atoms with Gasteiger partial charge < -0.3 is 102 Å². The zero-order chi connectivity index (χ0) is 67.9. The van der Waals surface area contributed by atoms with Crippen molar-refractivity contribution in [2.75, 3.05) is 26.2 Å². The number of benzene rings is 1. The Morgan fingerprint density at radius 2 is 1.04 bits per heavy atom. The molecule has 0 aliphatic carbocycles. The van der Waals surface area contributed by atoms with Crippen molar-refractivity contribution in [3.63, 3.8) is 0 Å². The van der Waals surface area contributed by atoms with Gasteiger partial charge in [-0.1, -0.05) is 39.8 Å². The summed E-state index contributed by atoms with van der Waals surface area (Å²) in [5.74, 6) is -12.2. The Morgan fingerprint density at radius 1 is 0.578 bits per heavy atom. The highest BCUT2D eigenvalue weighted by Crippen LogP contribution is 2.21. The predicted octanol–water partition coefficient (Wildman–Crippen LogP) is -4.58. The van der Waals surface area contributed by atoms with E-state index >= 15 is 0 Å². The van der Waals surface area contributed by atoms with Gasteiger partial charge >= 0.3 is 5.97 Å². The van der Waals surface area contributed by atoms with Crippen LogP contribution >= 0.6 is 0 Å². The van der Waals surface area contributed by atoms with Crippen LogP contribution in [0, 0.1) is 22.7 Å². The Hall–Kier alpha value is -8.88. The second-order valence-electron chi connectivity index (χ2n) is 23.1. The fourth-order valence-corrected chi connectivity index (χ4v) is 9.66. The number of phenols is 1. The number of amides is 11. The Labute approximate surface area is 523 Å². The number of aliphatic hydroxyl groups is 1. The molecule has 0 bridgehead atoms. The second-order valence-corrected chi connectivity index (χ2v) is 23.1. The molecule has 33 heteroatoms. The van der Waals surface area contributed by atoms with Crippen LogP contribution in [0.3, 0.4) is 0 Å². The van der Waals surface area contributed by atoms with Crippen molar-refractivity contribution in [3.8, 4) is 5.75 Å². The lowest BCUT2D eigenvalue weighted by Crippen LogP contribution is -2.62. The molecule has 90 heavy (non-hydrogen) atoms. The first-order valence-corrected chi connectivity index (χ1v) is 30.1.